The molecular formula is C51H30N4O2. The highest BCUT2D eigenvalue weighted by Gasteiger charge is 2.23. The first-order valence-corrected chi connectivity index (χ1v) is 19.0. The summed E-state index contributed by atoms with van der Waals surface area (Å²) in [5.74, 6) is 1.81. The third-order valence-corrected chi connectivity index (χ3v) is 11.1. The lowest BCUT2D eigenvalue weighted by Crippen LogP contribution is -2.00. The molecule has 0 saturated carbocycles. The summed E-state index contributed by atoms with van der Waals surface area (Å²) in [6.07, 6.45) is 0. The highest BCUT2D eigenvalue weighted by Crippen LogP contribution is 2.45. The van der Waals surface area contributed by atoms with Crippen molar-refractivity contribution in [1.82, 2.24) is 19.5 Å². The molecule has 4 aromatic heterocycles. The Hall–Kier alpha value is -7.83. The SMILES string of the molecule is c1ccc(-c2nc(-c3ccccc3)nc(-c3ccc4c(c3)oc3c(-n5c6ccccc6c6c7c(ccc65)oc5ccccc57)ccc(-c5ccccc5)c34)n2)cc1. The Morgan fingerprint density at radius 1 is 0.351 bits per heavy atom. The fourth-order valence-electron chi connectivity index (χ4n) is 8.51. The second-order valence-electron chi connectivity index (χ2n) is 14.3. The fraction of sp³-hybridized carbons (Fsp3) is 0. The molecule has 0 aliphatic heterocycles. The third-order valence-electron chi connectivity index (χ3n) is 11.1. The van der Waals surface area contributed by atoms with Gasteiger partial charge in [0.2, 0.25) is 0 Å². The van der Waals surface area contributed by atoms with Gasteiger partial charge in [0.05, 0.1) is 16.7 Å². The van der Waals surface area contributed by atoms with Gasteiger partial charge < -0.3 is 13.4 Å². The number of aromatic nitrogens is 4. The number of rotatable bonds is 5. The van der Waals surface area contributed by atoms with Crippen LogP contribution in [-0.4, -0.2) is 19.5 Å². The van der Waals surface area contributed by atoms with Crippen LogP contribution in [-0.2, 0) is 0 Å². The number of hydrogen-bond donors (Lipinski definition) is 0. The van der Waals surface area contributed by atoms with Gasteiger partial charge in [0.15, 0.2) is 23.1 Å². The van der Waals surface area contributed by atoms with Gasteiger partial charge in [-0.3, -0.25) is 0 Å². The van der Waals surface area contributed by atoms with E-state index in [1.807, 2.05) is 72.8 Å². The van der Waals surface area contributed by atoms with E-state index in [2.05, 4.69) is 114 Å². The number of benzene rings is 8. The Balaban J connectivity index is 1.13. The van der Waals surface area contributed by atoms with E-state index in [0.717, 1.165) is 99.2 Å². The number of fused-ring (bicyclic) bond motifs is 10. The van der Waals surface area contributed by atoms with Crippen molar-refractivity contribution < 1.29 is 8.83 Å². The average Bonchev–Trinajstić information content (AvgIpc) is 3.96. The molecule has 12 rings (SSSR count). The molecule has 0 saturated heterocycles. The van der Waals surface area contributed by atoms with Gasteiger partial charge in [0.1, 0.15) is 16.7 Å². The fourth-order valence-corrected chi connectivity index (χ4v) is 8.51. The molecule has 4 heterocycles. The van der Waals surface area contributed by atoms with Gasteiger partial charge >= 0.3 is 0 Å². The molecule has 6 heteroatoms. The molecule has 0 amide bonds. The van der Waals surface area contributed by atoms with Gasteiger partial charge in [-0.05, 0) is 53.6 Å². The van der Waals surface area contributed by atoms with Crippen LogP contribution >= 0.6 is 0 Å². The number of nitrogens with zero attached hydrogens (tertiary/aromatic N) is 4. The van der Waals surface area contributed by atoms with E-state index in [9.17, 15) is 0 Å². The van der Waals surface area contributed by atoms with E-state index in [1.165, 1.54) is 0 Å². The van der Waals surface area contributed by atoms with Crippen LogP contribution in [0.5, 0.6) is 0 Å². The standard InChI is InChI=1S/C51H30N4O2/c1-4-14-31(15-5-1)35-26-27-41(55-39-22-12-10-20-36(39)46-40(55)28-29-43-47(46)37-21-11-13-23-42(37)56-43)48-45(35)38-25-24-34(30-44(38)57-48)51-53-49(32-16-6-2-7-17-32)52-50(54-51)33-18-8-3-9-19-33/h1-30H. The van der Waals surface area contributed by atoms with Crippen LogP contribution in [0.1, 0.15) is 0 Å². The van der Waals surface area contributed by atoms with Crippen molar-refractivity contribution in [3.8, 4) is 51.0 Å². The molecule has 8 aromatic carbocycles. The van der Waals surface area contributed by atoms with Crippen LogP contribution in [0.15, 0.2) is 191 Å². The summed E-state index contributed by atoms with van der Waals surface area (Å²) < 4.78 is 15.8. The number of hydrogen-bond acceptors (Lipinski definition) is 5. The minimum Gasteiger partial charge on any atom is -0.456 e. The van der Waals surface area contributed by atoms with Crippen molar-refractivity contribution >= 4 is 65.7 Å². The van der Waals surface area contributed by atoms with Crippen molar-refractivity contribution in [2.24, 2.45) is 0 Å². The second-order valence-corrected chi connectivity index (χ2v) is 14.3. The van der Waals surface area contributed by atoms with Gasteiger partial charge in [-0.2, -0.15) is 0 Å². The molecule has 0 fully saturated rings. The van der Waals surface area contributed by atoms with E-state index < -0.39 is 0 Å². The van der Waals surface area contributed by atoms with E-state index in [1.54, 1.807) is 0 Å². The molecule has 0 aliphatic carbocycles. The molecule has 0 N–H and O–H groups in total. The largest absolute Gasteiger partial charge is 0.456 e. The van der Waals surface area contributed by atoms with Crippen LogP contribution in [0.2, 0.25) is 0 Å². The van der Waals surface area contributed by atoms with Crippen molar-refractivity contribution in [2.75, 3.05) is 0 Å². The molecule has 0 atom stereocenters. The minimum atomic E-state index is 0.576. The summed E-state index contributed by atoms with van der Waals surface area (Å²) in [6.45, 7) is 0. The summed E-state index contributed by atoms with van der Waals surface area (Å²) in [5.41, 5.74) is 11.3. The Morgan fingerprint density at radius 3 is 1.67 bits per heavy atom. The summed E-state index contributed by atoms with van der Waals surface area (Å²) in [4.78, 5) is 14.9. The van der Waals surface area contributed by atoms with Gasteiger partial charge in [-0.15, -0.1) is 0 Å². The summed E-state index contributed by atoms with van der Waals surface area (Å²) >= 11 is 0. The van der Waals surface area contributed by atoms with Crippen LogP contribution in [0.25, 0.3) is 117 Å². The lowest BCUT2D eigenvalue weighted by Gasteiger charge is -2.11. The molecule has 12 aromatic rings. The highest BCUT2D eigenvalue weighted by molar-refractivity contribution is 6.28. The lowest BCUT2D eigenvalue weighted by atomic mass is 9.98. The number of para-hydroxylation sites is 2. The second kappa shape index (κ2) is 12.3. The minimum absolute atomic E-state index is 0.576. The predicted octanol–water partition coefficient (Wildman–Crippen LogP) is 13.4. The van der Waals surface area contributed by atoms with E-state index in [0.29, 0.717) is 17.5 Å². The van der Waals surface area contributed by atoms with E-state index in [-0.39, 0.29) is 0 Å². The lowest BCUT2D eigenvalue weighted by molar-refractivity contribution is 0.666. The summed E-state index contributed by atoms with van der Waals surface area (Å²) in [7, 11) is 0. The van der Waals surface area contributed by atoms with Crippen molar-refractivity contribution in [3.05, 3.63) is 182 Å². The Labute approximate surface area is 325 Å². The van der Waals surface area contributed by atoms with E-state index >= 15 is 0 Å². The predicted molar refractivity (Wildman–Crippen MR) is 230 cm³/mol. The molecule has 0 bridgehead atoms. The Morgan fingerprint density at radius 2 is 0.947 bits per heavy atom. The van der Waals surface area contributed by atoms with E-state index in [4.69, 9.17) is 23.8 Å². The average molecular weight is 731 g/mol. The smallest absolute Gasteiger partial charge is 0.164 e. The maximum atomic E-state index is 7.09. The molecule has 57 heavy (non-hydrogen) atoms. The molecule has 6 nitrogen and oxygen atoms in total. The Bertz CT molecular complexity index is 3450. The first-order valence-electron chi connectivity index (χ1n) is 19.0. The first kappa shape index (κ1) is 31.5. The van der Waals surface area contributed by atoms with Crippen LogP contribution in [0.4, 0.5) is 0 Å². The van der Waals surface area contributed by atoms with Crippen molar-refractivity contribution in [1.29, 1.82) is 0 Å². The monoisotopic (exact) mass is 730 g/mol. The normalized spacial score (nSPS) is 11.9. The van der Waals surface area contributed by atoms with Crippen molar-refractivity contribution in [3.63, 3.8) is 0 Å². The highest BCUT2D eigenvalue weighted by atomic mass is 16.3. The quantitative estimate of drug-likeness (QED) is 0.176. The molecule has 0 unspecified atom stereocenters. The maximum absolute atomic E-state index is 7.09. The van der Waals surface area contributed by atoms with Crippen molar-refractivity contribution in [2.45, 2.75) is 0 Å². The zero-order chi connectivity index (χ0) is 37.5. The number of furan rings is 2. The third kappa shape index (κ3) is 4.87. The molecular weight excluding hydrogens is 701 g/mol. The van der Waals surface area contributed by atoms with Crippen LogP contribution in [0, 0.1) is 0 Å². The topological polar surface area (TPSA) is 69.9 Å². The zero-order valence-electron chi connectivity index (χ0n) is 30.4. The molecule has 0 radical (unpaired) electrons. The summed E-state index contributed by atoms with van der Waals surface area (Å²) in [6, 6.07) is 62.5. The molecule has 266 valence electrons. The molecule has 0 spiro atoms. The van der Waals surface area contributed by atoms with Gasteiger partial charge in [-0.25, -0.2) is 15.0 Å². The summed E-state index contributed by atoms with van der Waals surface area (Å²) in [5, 5.41) is 6.59. The maximum Gasteiger partial charge on any atom is 0.164 e. The van der Waals surface area contributed by atoms with Gasteiger partial charge in [0.25, 0.3) is 0 Å². The van der Waals surface area contributed by atoms with Gasteiger partial charge in [0, 0.05) is 49.0 Å². The Kier molecular flexibility index (Phi) is 6.83. The van der Waals surface area contributed by atoms with Gasteiger partial charge in [-0.1, -0.05) is 140 Å². The zero-order valence-corrected chi connectivity index (χ0v) is 30.4. The molecule has 0 aliphatic rings. The van der Waals surface area contributed by atoms with Crippen LogP contribution in [0.3, 0.4) is 0 Å². The van der Waals surface area contributed by atoms with Crippen LogP contribution < -0.4 is 0 Å². The first-order chi connectivity index (χ1) is 28.3.